The molecule has 0 aromatic heterocycles. The minimum absolute atomic E-state index is 0.0561. The maximum Gasteiger partial charge on any atom is 0.407 e. The Bertz CT molecular complexity index is 981. The fourth-order valence-corrected chi connectivity index (χ4v) is 5.38. The van der Waals surface area contributed by atoms with Crippen LogP contribution >= 0.6 is 11.8 Å². The van der Waals surface area contributed by atoms with Crippen LogP contribution in [0.3, 0.4) is 0 Å². The van der Waals surface area contributed by atoms with Gasteiger partial charge in [-0.2, -0.15) is 0 Å². The number of hydrogen-bond acceptors (Lipinski definition) is 5. The van der Waals surface area contributed by atoms with Crippen LogP contribution in [0.4, 0.5) is 4.79 Å². The van der Waals surface area contributed by atoms with Crippen molar-refractivity contribution in [2.75, 3.05) is 25.4 Å². The third-order valence-corrected chi connectivity index (χ3v) is 7.17. The average molecular weight is 455 g/mol. The molecule has 7 nitrogen and oxygen atoms in total. The van der Waals surface area contributed by atoms with Gasteiger partial charge in [-0.25, -0.2) is 4.79 Å². The number of nitrogens with zero attached hydrogens (tertiary/aromatic N) is 1. The molecule has 2 atom stereocenters. The van der Waals surface area contributed by atoms with Crippen molar-refractivity contribution in [3.63, 3.8) is 0 Å². The lowest BCUT2D eigenvalue weighted by Gasteiger charge is -2.33. The molecule has 1 aliphatic heterocycles. The van der Waals surface area contributed by atoms with E-state index in [1.165, 1.54) is 16.7 Å². The van der Waals surface area contributed by atoms with Gasteiger partial charge in [-0.1, -0.05) is 55.5 Å². The summed E-state index contributed by atoms with van der Waals surface area (Å²) in [6.07, 6.45) is -0.252. The number of carboxylic acids is 1. The Morgan fingerprint density at radius 1 is 1.12 bits per heavy atom. The molecule has 2 N–H and O–H groups in total. The van der Waals surface area contributed by atoms with Gasteiger partial charge in [0.05, 0.1) is 0 Å². The summed E-state index contributed by atoms with van der Waals surface area (Å²) in [5, 5.41) is 11.3. The Morgan fingerprint density at radius 2 is 1.75 bits per heavy atom. The first-order chi connectivity index (χ1) is 15.5. The molecular formula is C24H26N2O5S. The summed E-state index contributed by atoms with van der Waals surface area (Å²) in [6.45, 7) is 2.59. The molecule has 168 valence electrons. The van der Waals surface area contributed by atoms with Crippen molar-refractivity contribution in [1.29, 1.82) is 0 Å². The number of rotatable bonds is 6. The normalized spacial score (nSPS) is 18.4. The van der Waals surface area contributed by atoms with E-state index in [1.54, 1.807) is 6.92 Å². The summed E-state index contributed by atoms with van der Waals surface area (Å²) < 4.78 is 5.55. The molecule has 1 fully saturated rings. The highest BCUT2D eigenvalue weighted by Crippen LogP contribution is 2.44. The van der Waals surface area contributed by atoms with Crippen LogP contribution in [-0.4, -0.2) is 64.7 Å². The molecule has 2 aromatic carbocycles. The molecule has 4 rings (SSSR count). The smallest absolute Gasteiger partial charge is 0.407 e. The number of carboxylic acid groups (broad SMARTS) is 1. The van der Waals surface area contributed by atoms with Gasteiger partial charge in [-0.15, -0.1) is 11.8 Å². The van der Waals surface area contributed by atoms with E-state index < -0.39 is 23.4 Å². The fourth-order valence-electron chi connectivity index (χ4n) is 4.34. The van der Waals surface area contributed by atoms with Gasteiger partial charge >= 0.3 is 12.1 Å². The zero-order valence-electron chi connectivity index (χ0n) is 17.8. The molecule has 2 amide bonds. The van der Waals surface area contributed by atoms with E-state index in [1.807, 2.05) is 36.4 Å². The number of benzene rings is 2. The molecule has 0 spiro atoms. The summed E-state index contributed by atoms with van der Waals surface area (Å²) in [6, 6.07) is 15.4. The molecule has 1 saturated heterocycles. The number of carbonyl (C=O) groups excluding carboxylic acids is 2. The summed E-state index contributed by atoms with van der Waals surface area (Å²) in [7, 11) is 0. The van der Waals surface area contributed by atoms with E-state index in [9.17, 15) is 19.5 Å². The Morgan fingerprint density at radius 3 is 2.34 bits per heavy atom. The number of fused-ring (bicyclic) bond motifs is 3. The lowest BCUT2D eigenvalue weighted by Crippen LogP contribution is -2.53. The molecule has 32 heavy (non-hydrogen) atoms. The van der Waals surface area contributed by atoms with Crippen LogP contribution in [0.1, 0.15) is 30.4 Å². The molecule has 8 heteroatoms. The van der Waals surface area contributed by atoms with E-state index in [0.29, 0.717) is 18.7 Å². The number of alkyl carbamates (subject to hydrolysis) is 1. The molecule has 0 saturated carbocycles. The van der Waals surface area contributed by atoms with Crippen molar-refractivity contribution in [3.05, 3.63) is 59.7 Å². The molecule has 0 bridgehead atoms. The van der Waals surface area contributed by atoms with Gasteiger partial charge in [0.1, 0.15) is 17.9 Å². The standard InChI is InChI=1S/C24H26N2O5S/c1-2-20(22(27)26-11-12-32-21(13-26)23(28)29)25-24(30)31-14-19-17-9-5-3-7-15(17)16-8-4-6-10-18(16)19/h3-10,19-21H,2,11-14H2,1H3,(H,25,30)(H,28,29)/t20-,21?/m1/s1. The van der Waals surface area contributed by atoms with E-state index in [-0.39, 0.29) is 25.0 Å². The topological polar surface area (TPSA) is 95.9 Å². The van der Waals surface area contributed by atoms with Crippen LogP contribution in [0.2, 0.25) is 0 Å². The van der Waals surface area contributed by atoms with Crippen molar-refractivity contribution in [2.45, 2.75) is 30.6 Å². The Labute approximate surface area is 191 Å². The summed E-state index contributed by atoms with van der Waals surface area (Å²) in [5.41, 5.74) is 4.54. The lowest BCUT2D eigenvalue weighted by molar-refractivity contribution is -0.138. The second kappa shape index (κ2) is 9.65. The number of hydrogen-bond donors (Lipinski definition) is 2. The number of aliphatic carboxylic acids is 1. The van der Waals surface area contributed by atoms with Gasteiger partial charge in [-0.05, 0) is 28.7 Å². The quantitative estimate of drug-likeness (QED) is 0.695. The van der Waals surface area contributed by atoms with Crippen molar-refractivity contribution in [3.8, 4) is 11.1 Å². The average Bonchev–Trinajstić information content (AvgIpc) is 3.14. The van der Waals surface area contributed by atoms with E-state index in [0.717, 1.165) is 22.3 Å². The summed E-state index contributed by atoms with van der Waals surface area (Å²) >= 11 is 1.33. The second-order valence-corrected chi connectivity index (χ2v) is 9.22. The van der Waals surface area contributed by atoms with Crippen LogP contribution in [0.5, 0.6) is 0 Å². The number of amides is 2. The van der Waals surface area contributed by atoms with Gasteiger partial charge < -0.3 is 20.1 Å². The van der Waals surface area contributed by atoms with E-state index >= 15 is 0 Å². The number of ether oxygens (including phenoxy) is 1. The van der Waals surface area contributed by atoms with Gasteiger partial charge in [0, 0.05) is 24.8 Å². The second-order valence-electron chi connectivity index (χ2n) is 7.91. The molecule has 2 aliphatic rings. The maximum atomic E-state index is 12.9. The van der Waals surface area contributed by atoms with Gasteiger partial charge in [0.15, 0.2) is 0 Å². The fraction of sp³-hybridized carbons (Fsp3) is 0.375. The Hall–Kier alpha value is -3.00. The molecular weight excluding hydrogens is 428 g/mol. The first kappa shape index (κ1) is 22.2. The predicted octanol–water partition coefficient (Wildman–Crippen LogP) is 3.33. The van der Waals surface area contributed by atoms with Crippen LogP contribution in [0, 0.1) is 0 Å². The van der Waals surface area contributed by atoms with Gasteiger partial charge in [0.2, 0.25) is 5.91 Å². The predicted molar refractivity (Wildman–Crippen MR) is 123 cm³/mol. The lowest BCUT2D eigenvalue weighted by atomic mass is 9.98. The van der Waals surface area contributed by atoms with Crippen LogP contribution in [0.15, 0.2) is 48.5 Å². The zero-order chi connectivity index (χ0) is 22.7. The maximum absolute atomic E-state index is 12.9. The summed E-state index contributed by atoms with van der Waals surface area (Å²) in [4.78, 5) is 38.2. The first-order valence-corrected chi connectivity index (χ1v) is 11.8. The van der Waals surface area contributed by atoms with E-state index in [4.69, 9.17) is 4.74 Å². The van der Waals surface area contributed by atoms with Crippen molar-refractivity contribution in [1.82, 2.24) is 10.2 Å². The highest BCUT2D eigenvalue weighted by Gasteiger charge is 2.33. The SMILES string of the molecule is CC[C@@H](NC(=O)OCC1c2ccccc2-c2ccccc21)C(=O)N1CCSC(C(=O)O)C1. The minimum Gasteiger partial charge on any atom is -0.480 e. The van der Waals surface area contributed by atoms with Crippen molar-refractivity contribution in [2.24, 2.45) is 0 Å². The number of thioether (sulfide) groups is 1. The van der Waals surface area contributed by atoms with Crippen molar-refractivity contribution >= 4 is 29.7 Å². The monoisotopic (exact) mass is 454 g/mol. The molecule has 1 aliphatic carbocycles. The Balaban J connectivity index is 1.38. The Kier molecular flexibility index (Phi) is 6.69. The molecule has 0 radical (unpaired) electrons. The van der Waals surface area contributed by atoms with Crippen LogP contribution in [-0.2, 0) is 14.3 Å². The summed E-state index contributed by atoms with van der Waals surface area (Å²) in [5.74, 6) is -0.693. The first-order valence-electron chi connectivity index (χ1n) is 10.7. The highest BCUT2D eigenvalue weighted by atomic mass is 32.2. The minimum atomic E-state index is -0.926. The third-order valence-electron chi connectivity index (χ3n) is 6.00. The van der Waals surface area contributed by atoms with Gasteiger partial charge in [-0.3, -0.25) is 9.59 Å². The largest absolute Gasteiger partial charge is 0.480 e. The van der Waals surface area contributed by atoms with E-state index in [2.05, 4.69) is 17.4 Å². The van der Waals surface area contributed by atoms with Crippen LogP contribution < -0.4 is 5.32 Å². The third kappa shape index (κ3) is 4.46. The molecule has 1 heterocycles. The van der Waals surface area contributed by atoms with Crippen molar-refractivity contribution < 1.29 is 24.2 Å². The highest BCUT2D eigenvalue weighted by molar-refractivity contribution is 8.00. The molecule has 1 unspecified atom stereocenters. The van der Waals surface area contributed by atoms with Crippen LogP contribution in [0.25, 0.3) is 11.1 Å². The number of nitrogens with one attached hydrogen (secondary N) is 1. The number of carbonyl (C=O) groups is 3. The molecule has 2 aromatic rings. The zero-order valence-corrected chi connectivity index (χ0v) is 18.6. The van der Waals surface area contributed by atoms with Gasteiger partial charge in [0.25, 0.3) is 0 Å².